The molecule has 0 fully saturated rings. The molecule has 1 aromatic carbocycles. The van der Waals surface area contributed by atoms with Crippen molar-refractivity contribution in [1.82, 2.24) is 18.4 Å². The average molecular weight is 407 g/mol. The van der Waals surface area contributed by atoms with Gasteiger partial charge in [-0.25, -0.2) is 4.79 Å². The van der Waals surface area contributed by atoms with Crippen LogP contribution >= 0.6 is 0 Å². The van der Waals surface area contributed by atoms with E-state index in [2.05, 4.69) is 10.4 Å². The van der Waals surface area contributed by atoms with Crippen LogP contribution in [0.4, 0.5) is 10.6 Å². The second-order valence-electron chi connectivity index (χ2n) is 6.26. The lowest BCUT2D eigenvalue weighted by atomic mass is 10.2. The summed E-state index contributed by atoms with van der Waals surface area (Å²) in [4.78, 5) is 24.7. The van der Waals surface area contributed by atoms with E-state index in [9.17, 15) is 18.0 Å². The van der Waals surface area contributed by atoms with Crippen LogP contribution in [0.1, 0.15) is 28.5 Å². The molecule has 150 valence electrons. The number of hydrogen-bond donors (Lipinski definition) is 1. The number of carbonyl (C=O) groups excluding carboxylic acids is 2. The van der Waals surface area contributed by atoms with Crippen molar-refractivity contribution in [1.29, 1.82) is 0 Å². The zero-order valence-electron chi connectivity index (χ0n) is 15.7. The van der Waals surface area contributed by atoms with Crippen LogP contribution in [-0.2, 0) is 28.0 Å². The fourth-order valence-corrected chi connectivity index (χ4v) is 3.85. The summed E-state index contributed by atoms with van der Waals surface area (Å²) in [5.41, 5.74) is 1.24. The second-order valence-corrected chi connectivity index (χ2v) is 8.41. The van der Waals surface area contributed by atoms with E-state index in [1.54, 1.807) is 37.3 Å². The summed E-state index contributed by atoms with van der Waals surface area (Å²) in [7, 11) is -0.856. The van der Waals surface area contributed by atoms with Crippen LogP contribution in [0.25, 0.3) is 0 Å². The van der Waals surface area contributed by atoms with E-state index in [4.69, 9.17) is 4.74 Å². The van der Waals surface area contributed by atoms with Crippen molar-refractivity contribution in [2.45, 2.75) is 20.0 Å². The monoisotopic (exact) mass is 407 g/mol. The Kier molecular flexibility index (Phi) is 5.49. The van der Waals surface area contributed by atoms with Crippen molar-refractivity contribution < 1.29 is 22.7 Å². The zero-order chi connectivity index (χ0) is 20.5. The van der Waals surface area contributed by atoms with Gasteiger partial charge in [0.25, 0.3) is 16.1 Å². The fraction of sp³-hybridized carbons (Fsp3) is 0.353. The van der Waals surface area contributed by atoms with E-state index in [0.717, 1.165) is 8.99 Å². The first-order valence-corrected chi connectivity index (χ1v) is 9.97. The van der Waals surface area contributed by atoms with E-state index in [-0.39, 0.29) is 25.5 Å². The minimum Gasteiger partial charge on any atom is -0.448 e. The molecule has 0 saturated heterocycles. The molecule has 28 heavy (non-hydrogen) atoms. The smallest absolute Gasteiger partial charge is 0.435 e. The maximum absolute atomic E-state index is 12.5. The molecular weight excluding hydrogens is 386 g/mol. The molecule has 0 saturated carbocycles. The van der Waals surface area contributed by atoms with Gasteiger partial charge in [-0.2, -0.15) is 21.7 Å². The highest BCUT2D eigenvalue weighted by Gasteiger charge is 2.37. The number of benzene rings is 1. The molecule has 2 aromatic rings. The Morgan fingerprint density at radius 1 is 1.21 bits per heavy atom. The van der Waals surface area contributed by atoms with Crippen LogP contribution in [0.3, 0.4) is 0 Å². The van der Waals surface area contributed by atoms with E-state index >= 15 is 0 Å². The Morgan fingerprint density at radius 2 is 1.89 bits per heavy atom. The van der Waals surface area contributed by atoms with Gasteiger partial charge in [-0.15, -0.1) is 5.10 Å². The molecule has 0 aliphatic carbocycles. The molecule has 1 aromatic heterocycles. The lowest BCUT2D eigenvalue weighted by Gasteiger charge is -2.20. The molecule has 1 aliphatic heterocycles. The van der Waals surface area contributed by atoms with Crippen LogP contribution in [0.15, 0.2) is 30.3 Å². The third-order valence-electron chi connectivity index (χ3n) is 4.25. The number of aromatic nitrogens is 2. The van der Waals surface area contributed by atoms with Crippen molar-refractivity contribution in [3.8, 4) is 0 Å². The van der Waals surface area contributed by atoms with E-state index in [0.29, 0.717) is 16.8 Å². The van der Waals surface area contributed by atoms with Gasteiger partial charge in [0.2, 0.25) is 0 Å². The number of nitrogens with zero attached hydrogens (tertiary/aromatic N) is 4. The van der Waals surface area contributed by atoms with E-state index < -0.39 is 22.2 Å². The van der Waals surface area contributed by atoms with Gasteiger partial charge in [0.15, 0.2) is 5.82 Å². The fourth-order valence-electron chi connectivity index (χ4n) is 2.81. The summed E-state index contributed by atoms with van der Waals surface area (Å²) >= 11 is 0. The molecule has 11 heteroatoms. The molecule has 10 nitrogen and oxygen atoms in total. The maximum atomic E-state index is 12.5. The molecule has 1 N–H and O–H groups in total. The van der Waals surface area contributed by atoms with E-state index in [1.807, 2.05) is 0 Å². The second kappa shape index (κ2) is 7.70. The minimum atomic E-state index is -3.71. The molecule has 0 spiro atoms. The molecule has 0 bridgehead atoms. The van der Waals surface area contributed by atoms with Gasteiger partial charge in [-0.05, 0) is 19.1 Å². The van der Waals surface area contributed by atoms with Gasteiger partial charge >= 0.3 is 6.09 Å². The predicted molar refractivity (Wildman–Crippen MR) is 101 cm³/mol. The van der Waals surface area contributed by atoms with Crippen molar-refractivity contribution in [2.75, 3.05) is 26.0 Å². The van der Waals surface area contributed by atoms with Crippen LogP contribution in [0, 0.1) is 0 Å². The Hall–Kier alpha value is -2.76. The number of fused-ring (bicyclic) bond motifs is 1. The van der Waals surface area contributed by atoms with Crippen molar-refractivity contribution in [2.24, 2.45) is 0 Å². The third kappa shape index (κ3) is 3.63. The van der Waals surface area contributed by atoms with Crippen LogP contribution in [-0.4, -0.2) is 59.5 Å². The van der Waals surface area contributed by atoms with Crippen molar-refractivity contribution in [3.63, 3.8) is 0 Å². The van der Waals surface area contributed by atoms with Gasteiger partial charge in [0.1, 0.15) is 0 Å². The molecule has 1 aliphatic rings. The molecule has 0 unspecified atom stereocenters. The number of hydrogen-bond acceptors (Lipinski definition) is 6. The summed E-state index contributed by atoms with van der Waals surface area (Å²) in [6.07, 6.45) is -0.733. The molecule has 1 amide bonds. The maximum Gasteiger partial charge on any atom is 0.435 e. The number of rotatable bonds is 5. The molecule has 3 rings (SSSR count). The first-order chi connectivity index (χ1) is 13.3. The van der Waals surface area contributed by atoms with Gasteiger partial charge < -0.3 is 10.1 Å². The van der Waals surface area contributed by atoms with Crippen molar-refractivity contribution >= 4 is 28.0 Å². The standard InChI is InChI=1S/C17H21N5O5S/c1-4-27-17(24)22-14-11-21(28(25,26)20(2)3)10-13(14)15(19-22)18-16(23)12-8-6-5-7-9-12/h5-9H,4,10-11H2,1-3H3,(H,18,19,23). The Balaban J connectivity index is 1.96. The Labute approximate surface area is 162 Å². The van der Waals surface area contributed by atoms with E-state index in [1.165, 1.54) is 18.4 Å². The summed E-state index contributed by atoms with van der Waals surface area (Å²) in [6, 6.07) is 8.51. The van der Waals surface area contributed by atoms with Gasteiger partial charge in [0.05, 0.1) is 18.8 Å². The third-order valence-corrected chi connectivity index (χ3v) is 6.08. The number of anilines is 1. The molecule has 0 atom stereocenters. The lowest BCUT2D eigenvalue weighted by Crippen LogP contribution is -2.37. The summed E-state index contributed by atoms with van der Waals surface area (Å²) in [6.45, 7) is 1.73. The molecule has 0 radical (unpaired) electrons. The molecule has 2 heterocycles. The first kappa shape index (κ1) is 20.0. The number of carbonyl (C=O) groups is 2. The first-order valence-electron chi connectivity index (χ1n) is 8.57. The topological polar surface area (TPSA) is 114 Å². The minimum absolute atomic E-state index is 0.0142. The van der Waals surface area contributed by atoms with Gasteiger partial charge in [-0.3, -0.25) is 4.79 Å². The number of nitrogens with one attached hydrogen (secondary N) is 1. The number of ether oxygens (including phenoxy) is 1. The predicted octanol–water partition coefficient (Wildman–Crippen LogP) is 1.26. The summed E-state index contributed by atoms with van der Waals surface area (Å²) < 4.78 is 33.2. The largest absolute Gasteiger partial charge is 0.448 e. The SMILES string of the molecule is CCOC(=O)n1nc(NC(=O)c2ccccc2)c2c1CN(S(=O)(=O)N(C)C)C2. The van der Waals surface area contributed by atoms with Crippen LogP contribution < -0.4 is 5.32 Å². The Morgan fingerprint density at radius 3 is 2.50 bits per heavy atom. The van der Waals surface area contributed by atoms with Gasteiger partial charge in [0, 0.05) is 31.8 Å². The van der Waals surface area contributed by atoms with Crippen LogP contribution in [0.5, 0.6) is 0 Å². The zero-order valence-corrected chi connectivity index (χ0v) is 16.6. The van der Waals surface area contributed by atoms with Gasteiger partial charge in [-0.1, -0.05) is 18.2 Å². The lowest BCUT2D eigenvalue weighted by molar-refractivity contribution is 0.102. The number of amides is 1. The quantitative estimate of drug-likeness (QED) is 0.798. The molecular formula is C17H21N5O5S. The highest BCUT2D eigenvalue weighted by molar-refractivity contribution is 7.86. The Bertz CT molecular complexity index is 1000. The highest BCUT2D eigenvalue weighted by Crippen LogP contribution is 2.32. The van der Waals surface area contributed by atoms with Crippen LogP contribution in [0.2, 0.25) is 0 Å². The average Bonchev–Trinajstić information content (AvgIpc) is 3.23. The summed E-state index contributed by atoms with van der Waals surface area (Å²) in [5, 5.41) is 6.82. The van der Waals surface area contributed by atoms with Crippen molar-refractivity contribution in [3.05, 3.63) is 47.2 Å². The normalized spacial score (nSPS) is 14.1. The summed E-state index contributed by atoms with van der Waals surface area (Å²) in [5.74, 6) is -0.279. The highest BCUT2D eigenvalue weighted by atomic mass is 32.2.